The molecule has 0 unspecified atom stereocenters. The minimum Gasteiger partial charge on any atom is -0.481 e. The lowest BCUT2D eigenvalue weighted by Gasteiger charge is -2.16. The summed E-state index contributed by atoms with van der Waals surface area (Å²) in [5, 5.41) is 9.65. The molecule has 1 rings (SSSR count). The maximum absolute atomic E-state index is 10.4. The van der Waals surface area contributed by atoms with Gasteiger partial charge in [0.15, 0.2) is 0 Å². The molecule has 0 aliphatic carbocycles. The first-order chi connectivity index (χ1) is 8.49. The number of carbonyl (C=O) groups is 1. The van der Waals surface area contributed by atoms with E-state index >= 15 is 0 Å². The second kappa shape index (κ2) is 7.62. The van der Waals surface area contributed by atoms with Gasteiger partial charge in [0.05, 0.1) is 10.0 Å². The van der Waals surface area contributed by atoms with Crippen LogP contribution < -0.4 is 0 Å². The predicted molar refractivity (Wildman–Crippen MR) is 74.3 cm³/mol. The van der Waals surface area contributed by atoms with Crippen molar-refractivity contribution in [3.05, 3.63) is 33.8 Å². The highest BCUT2D eigenvalue weighted by Gasteiger charge is 2.04. The zero-order valence-corrected chi connectivity index (χ0v) is 11.8. The van der Waals surface area contributed by atoms with E-state index in [9.17, 15) is 4.79 Å². The Labute approximate surface area is 117 Å². The summed E-state index contributed by atoms with van der Waals surface area (Å²) in [6.45, 7) is 1.65. The van der Waals surface area contributed by atoms with Gasteiger partial charge in [0.1, 0.15) is 0 Å². The molecule has 0 radical (unpaired) electrons. The number of rotatable bonds is 7. The summed E-state index contributed by atoms with van der Waals surface area (Å²) in [6.07, 6.45) is 1.83. The van der Waals surface area contributed by atoms with Crippen molar-refractivity contribution in [3.63, 3.8) is 0 Å². The van der Waals surface area contributed by atoms with Gasteiger partial charge in [0.2, 0.25) is 0 Å². The molecular weight excluding hydrogens is 273 g/mol. The fraction of sp³-hybridized carbons (Fsp3) is 0.462. The van der Waals surface area contributed by atoms with E-state index < -0.39 is 5.97 Å². The number of unbranched alkanes of at least 4 members (excludes halogenated alkanes) is 1. The summed E-state index contributed by atoms with van der Waals surface area (Å²) in [5.41, 5.74) is 1.10. The molecule has 0 saturated heterocycles. The molecule has 0 aromatic heterocycles. The Bertz CT molecular complexity index is 410. The van der Waals surface area contributed by atoms with Gasteiger partial charge in [-0.3, -0.25) is 4.79 Å². The maximum Gasteiger partial charge on any atom is 0.303 e. The number of hydrogen-bond donors (Lipinski definition) is 1. The molecule has 100 valence electrons. The molecule has 0 heterocycles. The average Bonchev–Trinajstić information content (AvgIpc) is 2.29. The maximum atomic E-state index is 10.4. The molecule has 3 nitrogen and oxygen atoms in total. The molecule has 0 atom stereocenters. The van der Waals surface area contributed by atoms with E-state index in [-0.39, 0.29) is 6.42 Å². The summed E-state index contributed by atoms with van der Waals surface area (Å²) < 4.78 is 0. The van der Waals surface area contributed by atoms with E-state index in [4.69, 9.17) is 28.3 Å². The Morgan fingerprint density at radius 2 is 2.00 bits per heavy atom. The summed E-state index contributed by atoms with van der Waals surface area (Å²) in [4.78, 5) is 12.5. The second-order valence-electron chi connectivity index (χ2n) is 4.34. The van der Waals surface area contributed by atoms with Gasteiger partial charge in [-0.15, -0.1) is 0 Å². The zero-order chi connectivity index (χ0) is 13.5. The van der Waals surface area contributed by atoms with Crippen molar-refractivity contribution >= 4 is 29.2 Å². The fourth-order valence-corrected chi connectivity index (χ4v) is 2.01. The third-order valence-corrected chi connectivity index (χ3v) is 3.36. The number of carboxylic acid groups (broad SMARTS) is 1. The van der Waals surface area contributed by atoms with E-state index in [1.165, 1.54) is 0 Å². The topological polar surface area (TPSA) is 40.5 Å². The smallest absolute Gasteiger partial charge is 0.303 e. The first-order valence-corrected chi connectivity index (χ1v) is 6.59. The van der Waals surface area contributed by atoms with Gasteiger partial charge in [-0.05, 0) is 44.1 Å². The van der Waals surface area contributed by atoms with E-state index in [1.807, 2.05) is 19.2 Å². The highest BCUT2D eigenvalue weighted by atomic mass is 35.5. The third kappa shape index (κ3) is 5.71. The number of carboxylic acids is 1. The fourth-order valence-electron chi connectivity index (χ4n) is 1.69. The quantitative estimate of drug-likeness (QED) is 0.779. The molecule has 0 aliphatic rings. The number of nitrogens with zero attached hydrogens (tertiary/aromatic N) is 1. The van der Waals surface area contributed by atoms with Gasteiger partial charge in [-0.2, -0.15) is 0 Å². The van der Waals surface area contributed by atoms with Crippen LogP contribution in [0, 0.1) is 0 Å². The van der Waals surface area contributed by atoms with E-state index in [2.05, 4.69) is 4.90 Å². The third-order valence-electron chi connectivity index (χ3n) is 2.62. The Morgan fingerprint density at radius 3 is 2.61 bits per heavy atom. The molecule has 0 fully saturated rings. The highest BCUT2D eigenvalue weighted by molar-refractivity contribution is 6.42. The van der Waals surface area contributed by atoms with Crippen molar-refractivity contribution in [2.75, 3.05) is 13.6 Å². The summed E-state index contributed by atoms with van der Waals surface area (Å²) in [6, 6.07) is 5.59. The molecule has 18 heavy (non-hydrogen) atoms. The Hall–Kier alpha value is -0.770. The van der Waals surface area contributed by atoms with Crippen LogP contribution in [0.25, 0.3) is 0 Å². The normalized spacial score (nSPS) is 10.9. The molecule has 1 N–H and O–H groups in total. The molecule has 0 saturated carbocycles. The molecule has 0 bridgehead atoms. The Kier molecular flexibility index (Phi) is 6.47. The first kappa shape index (κ1) is 15.3. The van der Waals surface area contributed by atoms with Crippen LogP contribution in [0.5, 0.6) is 0 Å². The molecule has 1 aromatic carbocycles. The minimum absolute atomic E-state index is 0.237. The Balaban J connectivity index is 2.33. The Morgan fingerprint density at radius 1 is 1.28 bits per heavy atom. The van der Waals surface area contributed by atoms with Gasteiger partial charge in [-0.1, -0.05) is 29.3 Å². The molecule has 0 spiro atoms. The molecule has 0 amide bonds. The summed E-state index contributed by atoms with van der Waals surface area (Å²) in [7, 11) is 2.00. The van der Waals surface area contributed by atoms with Crippen molar-refractivity contribution < 1.29 is 9.90 Å². The van der Waals surface area contributed by atoms with Gasteiger partial charge in [0.25, 0.3) is 0 Å². The second-order valence-corrected chi connectivity index (χ2v) is 5.15. The van der Waals surface area contributed by atoms with Crippen LogP contribution in [0.1, 0.15) is 24.8 Å². The van der Waals surface area contributed by atoms with Crippen LogP contribution in [0.3, 0.4) is 0 Å². The SMILES string of the molecule is CN(CCCCC(=O)O)Cc1ccc(Cl)c(Cl)c1. The van der Waals surface area contributed by atoms with E-state index in [1.54, 1.807) is 6.07 Å². The monoisotopic (exact) mass is 289 g/mol. The van der Waals surface area contributed by atoms with E-state index in [0.717, 1.165) is 25.1 Å². The number of aliphatic carboxylic acids is 1. The molecule has 5 heteroatoms. The standard InChI is InChI=1S/C13H17Cl2NO2/c1-16(7-3-2-4-13(17)18)9-10-5-6-11(14)12(15)8-10/h5-6,8H,2-4,7,9H2,1H3,(H,17,18). The molecular formula is C13H17Cl2NO2. The number of benzene rings is 1. The van der Waals surface area contributed by atoms with Crippen molar-refractivity contribution in [2.45, 2.75) is 25.8 Å². The lowest BCUT2D eigenvalue weighted by atomic mass is 10.2. The minimum atomic E-state index is -0.734. The van der Waals surface area contributed by atoms with Crippen LogP contribution in [0.2, 0.25) is 10.0 Å². The van der Waals surface area contributed by atoms with Gasteiger partial charge in [0, 0.05) is 13.0 Å². The zero-order valence-electron chi connectivity index (χ0n) is 10.3. The lowest BCUT2D eigenvalue weighted by molar-refractivity contribution is -0.137. The van der Waals surface area contributed by atoms with E-state index in [0.29, 0.717) is 16.5 Å². The van der Waals surface area contributed by atoms with Crippen molar-refractivity contribution in [2.24, 2.45) is 0 Å². The number of halogens is 2. The average molecular weight is 290 g/mol. The van der Waals surface area contributed by atoms with Gasteiger partial charge >= 0.3 is 5.97 Å². The van der Waals surface area contributed by atoms with Crippen LogP contribution in [0.15, 0.2) is 18.2 Å². The van der Waals surface area contributed by atoms with Crippen LogP contribution in [0.4, 0.5) is 0 Å². The van der Waals surface area contributed by atoms with Crippen molar-refractivity contribution in [3.8, 4) is 0 Å². The van der Waals surface area contributed by atoms with Crippen molar-refractivity contribution in [1.82, 2.24) is 4.90 Å². The highest BCUT2D eigenvalue weighted by Crippen LogP contribution is 2.23. The lowest BCUT2D eigenvalue weighted by Crippen LogP contribution is -2.19. The molecule has 0 aliphatic heterocycles. The van der Waals surface area contributed by atoms with Gasteiger partial charge in [-0.25, -0.2) is 0 Å². The predicted octanol–water partition coefficient (Wildman–Crippen LogP) is 3.68. The first-order valence-electron chi connectivity index (χ1n) is 5.83. The van der Waals surface area contributed by atoms with Gasteiger partial charge < -0.3 is 10.0 Å². The molecule has 1 aromatic rings. The van der Waals surface area contributed by atoms with Crippen LogP contribution >= 0.6 is 23.2 Å². The summed E-state index contributed by atoms with van der Waals surface area (Å²) in [5.74, 6) is -0.734. The number of hydrogen-bond acceptors (Lipinski definition) is 2. The van der Waals surface area contributed by atoms with Crippen molar-refractivity contribution in [1.29, 1.82) is 0 Å². The van der Waals surface area contributed by atoms with Crippen LogP contribution in [-0.2, 0) is 11.3 Å². The summed E-state index contributed by atoms with van der Waals surface area (Å²) >= 11 is 11.8. The van der Waals surface area contributed by atoms with Crippen LogP contribution in [-0.4, -0.2) is 29.6 Å². The largest absolute Gasteiger partial charge is 0.481 e.